The molecule has 2 atom stereocenters. The molecule has 0 saturated heterocycles. The summed E-state index contributed by atoms with van der Waals surface area (Å²) < 4.78 is 10.5. The summed E-state index contributed by atoms with van der Waals surface area (Å²) in [6.45, 7) is 2.14. The second kappa shape index (κ2) is 6.45. The van der Waals surface area contributed by atoms with Crippen molar-refractivity contribution < 1.29 is 14.3 Å². The molecule has 0 radical (unpaired) electrons. The normalized spacial score (nSPS) is 22.6. The molecule has 0 heterocycles. The Balaban J connectivity index is 1.86. The number of carbonyl (C=O) groups is 1. The molecule has 0 unspecified atom stereocenters. The summed E-state index contributed by atoms with van der Waals surface area (Å²) in [6.07, 6.45) is 4.17. The molecule has 2 rings (SSSR count). The van der Waals surface area contributed by atoms with Crippen LogP contribution in [0.5, 0.6) is 5.75 Å². The van der Waals surface area contributed by atoms with E-state index >= 15 is 0 Å². The lowest BCUT2D eigenvalue weighted by molar-refractivity contribution is 0.0524. The third-order valence-electron chi connectivity index (χ3n) is 3.63. The molecular weight excluding hydrogens is 242 g/mol. The Kier molecular flexibility index (Phi) is 4.66. The van der Waals surface area contributed by atoms with Crippen LogP contribution >= 0.6 is 0 Å². The molecule has 1 aromatic rings. The average molecular weight is 263 g/mol. The molecule has 0 aliphatic heterocycles. The van der Waals surface area contributed by atoms with Crippen LogP contribution in [-0.2, 0) is 4.74 Å². The third-order valence-corrected chi connectivity index (χ3v) is 3.63. The summed E-state index contributed by atoms with van der Waals surface area (Å²) in [5, 5.41) is 2.74. The van der Waals surface area contributed by atoms with Crippen LogP contribution in [0.3, 0.4) is 0 Å². The highest BCUT2D eigenvalue weighted by atomic mass is 16.6. The van der Waals surface area contributed by atoms with Gasteiger partial charge in [-0.1, -0.05) is 13.3 Å². The van der Waals surface area contributed by atoms with Gasteiger partial charge in [-0.05, 0) is 49.4 Å². The SMILES string of the molecule is COc1ccc(NC(=O)O[C@@H]2CCCC[C@@H]2C)cc1. The molecule has 0 aromatic heterocycles. The lowest BCUT2D eigenvalue weighted by Gasteiger charge is -2.28. The topological polar surface area (TPSA) is 47.6 Å². The van der Waals surface area contributed by atoms with Crippen LogP contribution in [0, 0.1) is 5.92 Å². The van der Waals surface area contributed by atoms with Gasteiger partial charge in [0.1, 0.15) is 11.9 Å². The van der Waals surface area contributed by atoms with E-state index in [9.17, 15) is 4.79 Å². The minimum absolute atomic E-state index is 0.0481. The first kappa shape index (κ1) is 13.7. The lowest BCUT2D eigenvalue weighted by atomic mass is 9.88. The Morgan fingerprint density at radius 2 is 1.89 bits per heavy atom. The quantitative estimate of drug-likeness (QED) is 0.901. The lowest BCUT2D eigenvalue weighted by Crippen LogP contribution is -2.30. The highest BCUT2D eigenvalue weighted by molar-refractivity contribution is 5.84. The van der Waals surface area contributed by atoms with Gasteiger partial charge in [0.05, 0.1) is 7.11 Å². The van der Waals surface area contributed by atoms with Gasteiger partial charge in [-0.2, -0.15) is 0 Å². The predicted molar refractivity (Wildman–Crippen MR) is 74.5 cm³/mol. The van der Waals surface area contributed by atoms with E-state index in [0.717, 1.165) is 25.0 Å². The van der Waals surface area contributed by atoms with Gasteiger partial charge in [-0.15, -0.1) is 0 Å². The highest BCUT2D eigenvalue weighted by Crippen LogP contribution is 2.26. The van der Waals surface area contributed by atoms with Gasteiger partial charge in [-0.3, -0.25) is 5.32 Å². The molecule has 0 spiro atoms. The van der Waals surface area contributed by atoms with Crippen LogP contribution in [0.1, 0.15) is 32.6 Å². The first-order valence-corrected chi connectivity index (χ1v) is 6.80. The summed E-state index contributed by atoms with van der Waals surface area (Å²) in [4.78, 5) is 11.8. The molecule has 4 nitrogen and oxygen atoms in total. The van der Waals surface area contributed by atoms with Crippen molar-refractivity contribution in [3.05, 3.63) is 24.3 Å². The van der Waals surface area contributed by atoms with E-state index in [2.05, 4.69) is 12.2 Å². The van der Waals surface area contributed by atoms with Crippen LogP contribution in [-0.4, -0.2) is 19.3 Å². The smallest absolute Gasteiger partial charge is 0.411 e. The monoisotopic (exact) mass is 263 g/mol. The fraction of sp³-hybridized carbons (Fsp3) is 0.533. The zero-order chi connectivity index (χ0) is 13.7. The standard InChI is InChI=1S/C15H21NO3/c1-11-5-3-4-6-14(11)19-15(17)16-12-7-9-13(18-2)10-8-12/h7-11,14H,3-6H2,1-2H3,(H,16,17)/t11-,14+/m0/s1. The molecule has 1 amide bonds. The first-order chi connectivity index (χ1) is 9.19. The van der Waals surface area contributed by atoms with E-state index in [4.69, 9.17) is 9.47 Å². The van der Waals surface area contributed by atoms with Gasteiger partial charge in [0.25, 0.3) is 0 Å². The van der Waals surface area contributed by atoms with E-state index < -0.39 is 0 Å². The molecule has 1 saturated carbocycles. The molecule has 1 fully saturated rings. The number of anilines is 1. The Morgan fingerprint density at radius 1 is 1.21 bits per heavy atom. The zero-order valence-corrected chi connectivity index (χ0v) is 11.5. The van der Waals surface area contributed by atoms with Gasteiger partial charge in [0.2, 0.25) is 0 Å². The van der Waals surface area contributed by atoms with Gasteiger partial charge in [0, 0.05) is 5.69 Å². The second-order valence-corrected chi connectivity index (χ2v) is 5.06. The van der Waals surface area contributed by atoms with Crippen molar-refractivity contribution in [2.75, 3.05) is 12.4 Å². The van der Waals surface area contributed by atoms with E-state index in [1.165, 1.54) is 6.42 Å². The summed E-state index contributed by atoms with van der Waals surface area (Å²) in [7, 11) is 1.61. The summed E-state index contributed by atoms with van der Waals surface area (Å²) in [6, 6.07) is 7.20. The minimum atomic E-state index is -0.371. The number of ether oxygens (including phenoxy) is 2. The number of carbonyl (C=O) groups excluding carboxylic acids is 1. The van der Waals surface area contributed by atoms with E-state index in [0.29, 0.717) is 11.6 Å². The van der Waals surface area contributed by atoms with Crippen molar-refractivity contribution in [1.82, 2.24) is 0 Å². The van der Waals surface area contributed by atoms with Crippen molar-refractivity contribution in [2.24, 2.45) is 5.92 Å². The number of methoxy groups -OCH3 is 1. The first-order valence-electron chi connectivity index (χ1n) is 6.80. The van der Waals surface area contributed by atoms with E-state index in [-0.39, 0.29) is 12.2 Å². The summed E-state index contributed by atoms with van der Waals surface area (Å²) >= 11 is 0. The van der Waals surface area contributed by atoms with Gasteiger partial charge < -0.3 is 9.47 Å². The van der Waals surface area contributed by atoms with Crippen molar-refractivity contribution in [3.8, 4) is 5.75 Å². The van der Waals surface area contributed by atoms with Crippen molar-refractivity contribution in [3.63, 3.8) is 0 Å². The number of nitrogens with one attached hydrogen (secondary N) is 1. The molecule has 104 valence electrons. The van der Waals surface area contributed by atoms with E-state index in [1.807, 2.05) is 0 Å². The second-order valence-electron chi connectivity index (χ2n) is 5.06. The molecule has 1 aromatic carbocycles. The van der Waals surface area contributed by atoms with Gasteiger partial charge in [-0.25, -0.2) is 4.79 Å². The average Bonchev–Trinajstić information content (AvgIpc) is 2.42. The number of rotatable bonds is 3. The maximum Gasteiger partial charge on any atom is 0.411 e. The number of amides is 1. The summed E-state index contributed by atoms with van der Waals surface area (Å²) in [5.41, 5.74) is 0.717. The largest absolute Gasteiger partial charge is 0.497 e. The van der Waals surface area contributed by atoms with Crippen LogP contribution in [0.2, 0.25) is 0 Å². The Morgan fingerprint density at radius 3 is 2.53 bits per heavy atom. The number of benzene rings is 1. The Bertz CT molecular complexity index is 416. The molecule has 1 aliphatic rings. The zero-order valence-electron chi connectivity index (χ0n) is 11.5. The van der Waals surface area contributed by atoms with Crippen molar-refractivity contribution >= 4 is 11.8 Å². The number of hydrogen-bond acceptors (Lipinski definition) is 3. The molecular formula is C15H21NO3. The molecule has 0 bridgehead atoms. The fourth-order valence-electron chi connectivity index (χ4n) is 2.42. The van der Waals surface area contributed by atoms with Crippen LogP contribution in [0.4, 0.5) is 10.5 Å². The van der Waals surface area contributed by atoms with Crippen molar-refractivity contribution in [2.45, 2.75) is 38.7 Å². The fourth-order valence-corrected chi connectivity index (χ4v) is 2.42. The maximum absolute atomic E-state index is 11.8. The maximum atomic E-state index is 11.8. The van der Waals surface area contributed by atoms with Gasteiger partial charge >= 0.3 is 6.09 Å². The van der Waals surface area contributed by atoms with Crippen molar-refractivity contribution in [1.29, 1.82) is 0 Å². The predicted octanol–water partition coefficient (Wildman–Crippen LogP) is 3.82. The molecule has 19 heavy (non-hydrogen) atoms. The highest BCUT2D eigenvalue weighted by Gasteiger charge is 2.24. The van der Waals surface area contributed by atoms with Crippen LogP contribution < -0.4 is 10.1 Å². The molecule has 1 aliphatic carbocycles. The minimum Gasteiger partial charge on any atom is -0.497 e. The van der Waals surface area contributed by atoms with Gasteiger partial charge in [0.15, 0.2) is 0 Å². The molecule has 4 heteroatoms. The molecule has 1 N–H and O–H groups in total. The van der Waals surface area contributed by atoms with Crippen LogP contribution in [0.15, 0.2) is 24.3 Å². The number of hydrogen-bond donors (Lipinski definition) is 1. The Labute approximate surface area is 114 Å². The third kappa shape index (κ3) is 3.88. The van der Waals surface area contributed by atoms with E-state index in [1.54, 1.807) is 31.4 Å². The summed E-state index contributed by atoms with van der Waals surface area (Å²) in [5.74, 6) is 1.22. The van der Waals surface area contributed by atoms with Crippen LogP contribution in [0.25, 0.3) is 0 Å². The Hall–Kier alpha value is -1.71.